The molecule has 2 nitrogen and oxygen atoms in total. The Labute approximate surface area is 191 Å². The molecule has 7 atom stereocenters. The highest BCUT2D eigenvalue weighted by Crippen LogP contribution is 2.53. The van der Waals surface area contributed by atoms with Crippen LogP contribution >= 0.6 is 0 Å². The van der Waals surface area contributed by atoms with Gasteiger partial charge >= 0.3 is 0 Å². The lowest BCUT2D eigenvalue weighted by Crippen LogP contribution is -2.32. The number of carbonyl (C=O) groups is 2. The molecule has 5 aliphatic carbocycles. The molecule has 0 aliphatic heterocycles. The molecule has 5 aliphatic rings. The quantitative estimate of drug-likeness (QED) is 0.458. The zero-order chi connectivity index (χ0) is 21.8. The first-order valence-corrected chi connectivity index (χ1v) is 14.1. The average Bonchev–Trinajstić information content (AvgIpc) is 3.44. The normalized spacial score (nSPS) is 38.5. The van der Waals surface area contributed by atoms with E-state index in [0.717, 1.165) is 49.4 Å². The molecule has 0 aromatic rings. The Hall–Kier alpha value is -0.660. The van der Waals surface area contributed by atoms with E-state index in [1.54, 1.807) is 0 Å². The van der Waals surface area contributed by atoms with Crippen molar-refractivity contribution in [3.8, 4) is 0 Å². The van der Waals surface area contributed by atoms with Crippen molar-refractivity contribution in [1.82, 2.24) is 0 Å². The van der Waals surface area contributed by atoms with Crippen LogP contribution in [0.5, 0.6) is 0 Å². The summed E-state index contributed by atoms with van der Waals surface area (Å²) in [6.07, 6.45) is 21.8. The number of hydrogen-bond acceptors (Lipinski definition) is 2. The van der Waals surface area contributed by atoms with Gasteiger partial charge in [0.1, 0.15) is 11.6 Å². The second kappa shape index (κ2) is 11.0. The van der Waals surface area contributed by atoms with Crippen LogP contribution < -0.4 is 0 Å². The van der Waals surface area contributed by atoms with Crippen molar-refractivity contribution in [2.75, 3.05) is 0 Å². The summed E-state index contributed by atoms with van der Waals surface area (Å²) in [6, 6.07) is 0. The minimum Gasteiger partial charge on any atom is -0.299 e. The van der Waals surface area contributed by atoms with Crippen molar-refractivity contribution >= 4 is 11.6 Å². The molecule has 5 rings (SSSR count). The van der Waals surface area contributed by atoms with E-state index in [2.05, 4.69) is 13.8 Å². The number of hydrogen-bond donors (Lipinski definition) is 0. The first kappa shape index (κ1) is 23.5. The van der Waals surface area contributed by atoms with Crippen molar-refractivity contribution in [3.05, 3.63) is 0 Å². The van der Waals surface area contributed by atoms with E-state index in [-0.39, 0.29) is 0 Å². The van der Waals surface area contributed by atoms with Crippen molar-refractivity contribution in [3.63, 3.8) is 0 Å². The van der Waals surface area contributed by atoms with Crippen molar-refractivity contribution < 1.29 is 9.59 Å². The lowest BCUT2D eigenvalue weighted by atomic mass is 9.69. The molecule has 0 saturated heterocycles. The van der Waals surface area contributed by atoms with E-state index in [4.69, 9.17) is 0 Å². The highest BCUT2D eigenvalue weighted by Gasteiger charge is 2.44. The highest BCUT2D eigenvalue weighted by molar-refractivity contribution is 5.82. The molecule has 0 amide bonds. The Balaban J connectivity index is 0.000000150. The molecular weight excluding hydrogens is 380 g/mol. The van der Waals surface area contributed by atoms with Crippen molar-refractivity contribution in [1.29, 1.82) is 0 Å². The molecule has 0 aromatic heterocycles. The van der Waals surface area contributed by atoms with Gasteiger partial charge in [0.2, 0.25) is 0 Å². The van der Waals surface area contributed by atoms with Gasteiger partial charge in [-0.25, -0.2) is 0 Å². The SMILES string of the molecule is CC(C1CCCCC1)C1CCCCC1=O.CC(C1CCCCC1=O)C1CC2CCC1C2. The Morgan fingerprint density at radius 3 is 1.71 bits per heavy atom. The number of Topliss-reactive ketones (excluding diaryl/α,β-unsaturated/α-hetero) is 2. The molecule has 7 unspecified atom stereocenters. The zero-order valence-electron chi connectivity index (χ0n) is 20.5. The minimum atomic E-state index is 0.418. The smallest absolute Gasteiger partial charge is 0.136 e. The fourth-order valence-electron chi connectivity index (χ4n) is 8.36. The highest BCUT2D eigenvalue weighted by atomic mass is 16.1. The monoisotopic (exact) mass is 428 g/mol. The zero-order valence-corrected chi connectivity index (χ0v) is 20.5. The Morgan fingerprint density at radius 2 is 1.19 bits per heavy atom. The van der Waals surface area contributed by atoms with Gasteiger partial charge in [-0.3, -0.25) is 9.59 Å². The summed E-state index contributed by atoms with van der Waals surface area (Å²) < 4.78 is 0. The maximum Gasteiger partial charge on any atom is 0.136 e. The second-order valence-corrected chi connectivity index (χ2v) is 12.1. The molecule has 2 bridgehead atoms. The Morgan fingerprint density at radius 1 is 0.613 bits per heavy atom. The van der Waals surface area contributed by atoms with Gasteiger partial charge in [0, 0.05) is 24.7 Å². The van der Waals surface area contributed by atoms with Crippen molar-refractivity contribution in [2.45, 2.75) is 123 Å². The predicted molar refractivity (Wildman–Crippen MR) is 128 cm³/mol. The van der Waals surface area contributed by atoms with Crippen LogP contribution in [-0.4, -0.2) is 11.6 Å². The van der Waals surface area contributed by atoms with Crippen LogP contribution in [0.3, 0.4) is 0 Å². The topological polar surface area (TPSA) is 34.1 Å². The molecule has 31 heavy (non-hydrogen) atoms. The van der Waals surface area contributed by atoms with Crippen LogP contribution in [-0.2, 0) is 9.59 Å². The van der Waals surface area contributed by atoms with E-state index in [1.807, 2.05) is 0 Å². The summed E-state index contributed by atoms with van der Waals surface area (Å²) >= 11 is 0. The Kier molecular flexibility index (Phi) is 8.32. The molecule has 0 N–H and O–H groups in total. The first-order valence-electron chi connectivity index (χ1n) is 14.1. The van der Waals surface area contributed by atoms with E-state index in [1.165, 1.54) is 83.5 Å². The number of rotatable bonds is 4. The summed E-state index contributed by atoms with van der Waals surface area (Å²) in [6.45, 7) is 4.71. The molecule has 5 saturated carbocycles. The number of ketones is 2. The van der Waals surface area contributed by atoms with Crippen molar-refractivity contribution in [2.24, 2.45) is 47.3 Å². The third-order valence-electron chi connectivity index (χ3n) is 10.3. The average molecular weight is 429 g/mol. The molecule has 5 fully saturated rings. The fourth-order valence-corrected chi connectivity index (χ4v) is 8.36. The second-order valence-electron chi connectivity index (χ2n) is 12.1. The van der Waals surface area contributed by atoms with E-state index in [9.17, 15) is 9.59 Å². The molecule has 0 aromatic carbocycles. The number of fused-ring (bicyclic) bond motifs is 2. The van der Waals surface area contributed by atoms with Crippen LogP contribution in [0.15, 0.2) is 0 Å². The molecule has 176 valence electrons. The molecule has 0 heterocycles. The largest absolute Gasteiger partial charge is 0.299 e. The summed E-state index contributed by atoms with van der Waals surface area (Å²) in [4.78, 5) is 23.9. The summed E-state index contributed by atoms with van der Waals surface area (Å²) in [5.74, 6) is 7.10. The van der Waals surface area contributed by atoms with Gasteiger partial charge in [-0.05, 0) is 80.5 Å². The lowest BCUT2D eigenvalue weighted by Gasteiger charge is -2.34. The standard InChI is InChI=1S/C15H24O.C14H24O/c1-10(13-4-2-3-5-15(13)16)14-9-11-6-7-12(14)8-11;1-11(12-7-3-2-4-8-12)13-9-5-6-10-14(13)15/h10-14H,2-9H2,1H3;11-13H,2-10H2,1H3. The van der Waals surface area contributed by atoms with E-state index in [0.29, 0.717) is 35.2 Å². The van der Waals surface area contributed by atoms with Gasteiger partial charge in [0.15, 0.2) is 0 Å². The number of carbonyl (C=O) groups excluding carboxylic acids is 2. The maximum atomic E-state index is 12.0. The summed E-state index contributed by atoms with van der Waals surface area (Å²) in [5.41, 5.74) is 0. The minimum absolute atomic E-state index is 0.418. The molecule has 0 radical (unpaired) electrons. The van der Waals surface area contributed by atoms with Gasteiger partial charge in [-0.15, -0.1) is 0 Å². The lowest BCUT2D eigenvalue weighted by molar-refractivity contribution is -0.128. The summed E-state index contributed by atoms with van der Waals surface area (Å²) in [5, 5.41) is 0. The van der Waals surface area contributed by atoms with Crippen LogP contribution in [0, 0.1) is 47.3 Å². The summed E-state index contributed by atoms with van der Waals surface area (Å²) in [7, 11) is 0. The Bertz CT molecular complexity index is 604. The van der Waals surface area contributed by atoms with E-state index < -0.39 is 0 Å². The molecule has 0 spiro atoms. The first-order chi connectivity index (χ1) is 15.0. The van der Waals surface area contributed by atoms with Gasteiger partial charge in [0.25, 0.3) is 0 Å². The fraction of sp³-hybridized carbons (Fsp3) is 0.931. The van der Waals surface area contributed by atoms with Gasteiger partial charge in [0.05, 0.1) is 0 Å². The van der Waals surface area contributed by atoms with Gasteiger partial charge in [-0.1, -0.05) is 65.2 Å². The molecule has 2 heteroatoms. The van der Waals surface area contributed by atoms with Crippen LogP contribution in [0.25, 0.3) is 0 Å². The van der Waals surface area contributed by atoms with Crippen LogP contribution in [0.4, 0.5) is 0 Å². The molecular formula is C29H48O2. The van der Waals surface area contributed by atoms with Gasteiger partial charge in [-0.2, -0.15) is 0 Å². The van der Waals surface area contributed by atoms with E-state index >= 15 is 0 Å². The predicted octanol–water partition coefficient (Wildman–Crippen LogP) is 7.78. The van der Waals surface area contributed by atoms with Crippen LogP contribution in [0.2, 0.25) is 0 Å². The third-order valence-corrected chi connectivity index (χ3v) is 10.3. The third kappa shape index (κ3) is 5.64. The van der Waals surface area contributed by atoms with Crippen LogP contribution in [0.1, 0.15) is 123 Å². The maximum absolute atomic E-state index is 12.0. The van der Waals surface area contributed by atoms with Gasteiger partial charge < -0.3 is 0 Å².